The molecule has 1 fully saturated rings. The second kappa shape index (κ2) is 7.57. The molecule has 0 radical (unpaired) electrons. The van der Waals surface area contributed by atoms with Gasteiger partial charge in [0, 0.05) is 35.1 Å². The standard InChI is InChI=1S/C19H20ClN3O2/c1-13(19(25)22-16-5-2-4-14(20)12-16)21-15-7-9-17(10-8-15)23-11-3-6-18(23)24/h2,4-5,7-10,12-13,21H,3,6,11H2,1H3,(H,22,25)/t13-/m0/s1. The van der Waals surface area contributed by atoms with E-state index >= 15 is 0 Å². The Balaban J connectivity index is 1.59. The molecular formula is C19H20ClN3O2. The van der Waals surface area contributed by atoms with Crippen LogP contribution >= 0.6 is 11.6 Å². The summed E-state index contributed by atoms with van der Waals surface area (Å²) in [7, 11) is 0. The molecule has 2 aromatic carbocycles. The third-order valence-corrected chi connectivity index (χ3v) is 4.36. The van der Waals surface area contributed by atoms with Crippen molar-refractivity contribution >= 4 is 40.5 Å². The molecule has 1 atom stereocenters. The highest BCUT2D eigenvalue weighted by molar-refractivity contribution is 6.30. The van der Waals surface area contributed by atoms with Gasteiger partial charge in [-0.25, -0.2) is 0 Å². The number of rotatable bonds is 5. The van der Waals surface area contributed by atoms with E-state index in [-0.39, 0.29) is 11.8 Å². The zero-order valence-electron chi connectivity index (χ0n) is 14.0. The fraction of sp³-hybridized carbons (Fsp3) is 0.263. The maximum absolute atomic E-state index is 12.3. The summed E-state index contributed by atoms with van der Waals surface area (Å²) in [6.07, 6.45) is 1.51. The second-order valence-electron chi connectivity index (χ2n) is 6.06. The lowest BCUT2D eigenvalue weighted by atomic mass is 10.2. The van der Waals surface area contributed by atoms with Gasteiger partial charge in [0.25, 0.3) is 0 Å². The molecule has 1 heterocycles. The van der Waals surface area contributed by atoms with Crippen LogP contribution in [-0.4, -0.2) is 24.4 Å². The summed E-state index contributed by atoms with van der Waals surface area (Å²) in [5, 5.41) is 6.56. The Labute approximate surface area is 152 Å². The number of carbonyl (C=O) groups is 2. The van der Waals surface area contributed by atoms with E-state index in [0.717, 1.165) is 24.3 Å². The molecule has 0 unspecified atom stereocenters. The van der Waals surface area contributed by atoms with Gasteiger partial charge in [-0.3, -0.25) is 9.59 Å². The SMILES string of the molecule is C[C@H](Nc1ccc(N2CCCC2=O)cc1)C(=O)Nc1cccc(Cl)c1. The van der Waals surface area contributed by atoms with Crippen LogP contribution in [0.5, 0.6) is 0 Å². The molecule has 0 aliphatic carbocycles. The molecular weight excluding hydrogens is 338 g/mol. The van der Waals surface area contributed by atoms with Crippen LogP contribution < -0.4 is 15.5 Å². The van der Waals surface area contributed by atoms with Crippen molar-refractivity contribution in [3.8, 4) is 0 Å². The fourth-order valence-electron chi connectivity index (χ4n) is 2.79. The molecule has 1 saturated heterocycles. The van der Waals surface area contributed by atoms with Crippen molar-refractivity contribution in [2.24, 2.45) is 0 Å². The lowest BCUT2D eigenvalue weighted by Gasteiger charge is -2.18. The molecule has 2 aromatic rings. The van der Waals surface area contributed by atoms with Gasteiger partial charge in [0.15, 0.2) is 0 Å². The van der Waals surface area contributed by atoms with Gasteiger partial charge >= 0.3 is 0 Å². The highest BCUT2D eigenvalue weighted by Gasteiger charge is 2.21. The van der Waals surface area contributed by atoms with Crippen molar-refractivity contribution in [1.29, 1.82) is 0 Å². The van der Waals surface area contributed by atoms with Gasteiger partial charge in [0.05, 0.1) is 0 Å². The lowest BCUT2D eigenvalue weighted by molar-refractivity contribution is -0.117. The minimum atomic E-state index is -0.418. The summed E-state index contributed by atoms with van der Waals surface area (Å²) in [5.74, 6) is 0.0102. The van der Waals surface area contributed by atoms with Crippen LogP contribution in [0.3, 0.4) is 0 Å². The number of carbonyl (C=O) groups excluding carboxylic acids is 2. The summed E-state index contributed by atoms with van der Waals surface area (Å²) >= 11 is 5.92. The van der Waals surface area contributed by atoms with Gasteiger partial charge in [-0.1, -0.05) is 17.7 Å². The normalized spacial score (nSPS) is 15.1. The van der Waals surface area contributed by atoms with Gasteiger partial charge < -0.3 is 15.5 Å². The molecule has 130 valence electrons. The minimum absolute atomic E-state index is 0.152. The summed E-state index contributed by atoms with van der Waals surface area (Å²) in [6.45, 7) is 2.56. The largest absolute Gasteiger partial charge is 0.374 e. The average molecular weight is 358 g/mol. The first-order valence-corrected chi connectivity index (χ1v) is 8.64. The maximum atomic E-state index is 12.3. The molecule has 0 aromatic heterocycles. The smallest absolute Gasteiger partial charge is 0.246 e. The van der Waals surface area contributed by atoms with Gasteiger partial charge in [0.1, 0.15) is 6.04 Å². The Bertz CT molecular complexity index is 776. The summed E-state index contributed by atoms with van der Waals surface area (Å²) in [5.41, 5.74) is 2.38. The van der Waals surface area contributed by atoms with E-state index < -0.39 is 6.04 Å². The Kier molecular flexibility index (Phi) is 5.24. The molecule has 0 saturated carbocycles. The highest BCUT2D eigenvalue weighted by Crippen LogP contribution is 2.23. The van der Waals surface area contributed by atoms with Gasteiger partial charge in [0.2, 0.25) is 11.8 Å². The third-order valence-electron chi connectivity index (χ3n) is 4.12. The zero-order chi connectivity index (χ0) is 17.8. The Morgan fingerprint density at radius 1 is 1.16 bits per heavy atom. The first-order valence-electron chi connectivity index (χ1n) is 8.26. The predicted octanol–water partition coefficient (Wildman–Crippen LogP) is 3.91. The van der Waals surface area contributed by atoms with Crippen LogP contribution in [0.15, 0.2) is 48.5 Å². The van der Waals surface area contributed by atoms with Crippen molar-refractivity contribution in [1.82, 2.24) is 0 Å². The number of nitrogens with one attached hydrogen (secondary N) is 2. The quantitative estimate of drug-likeness (QED) is 0.853. The number of hydrogen-bond acceptors (Lipinski definition) is 3. The van der Waals surface area contributed by atoms with Crippen LogP contribution in [0, 0.1) is 0 Å². The van der Waals surface area contributed by atoms with E-state index in [4.69, 9.17) is 11.6 Å². The van der Waals surface area contributed by atoms with Crippen LogP contribution in [0.25, 0.3) is 0 Å². The van der Waals surface area contributed by atoms with Crippen molar-refractivity contribution in [2.45, 2.75) is 25.8 Å². The van der Waals surface area contributed by atoms with Crippen molar-refractivity contribution in [3.63, 3.8) is 0 Å². The van der Waals surface area contributed by atoms with E-state index in [9.17, 15) is 9.59 Å². The number of anilines is 3. The van der Waals surface area contributed by atoms with Crippen LogP contribution in [0.4, 0.5) is 17.1 Å². The highest BCUT2D eigenvalue weighted by atomic mass is 35.5. The van der Waals surface area contributed by atoms with Gasteiger partial charge in [-0.05, 0) is 55.8 Å². The minimum Gasteiger partial charge on any atom is -0.374 e. The van der Waals surface area contributed by atoms with Crippen molar-refractivity contribution in [3.05, 3.63) is 53.6 Å². The van der Waals surface area contributed by atoms with Crippen LogP contribution in [0.2, 0.25) is 5.02 Å². The number of benzene rings is 2. The molecule has 25 heavy (non-hydrogen) atoms. The van der Waals surface area contributed by atoms with Gasteiger partial charge in [-0.2, -0.15) is 0 Å². The van der Waals surface area contributed by atoms with Crippen LogP contribution in [-0.2, 0) is 9.59 Å². The number of halogens is 1. The van der Waals surface area contributed by atoms with E-state index in [1.54, 1.807) is 36.1 Å². The van der Waals surface area contributed by atoms with Gasteiger partial charge in [-0.15, -0.1) is 0 Å². The first-order chi connectivity index (χ1) is 12.0. The lowest BCUT2D eigenvalue weighted by Crippen LogP contribution is -2.31. The molecule has 5 nitrogen and oxygen atoms in total. The number of nitrogens with zero attached hydrogens (tertiary/aromatic N) is 1. The molecule has 0 spiro atoms. The van der Waals surface area contributed by atoms with E-state index in [2.05, 4.69) is 10.6 Å². The summed E-state index contributed by atoms with van der Waals surface area (Å²) in [6, 6.07) is 14.2. The molecule has 1 aliphatic heterocycles. The predicted molar refractivity (Wildman–Crippen MR) is 101 cm³/mol. The zero-order valence-corrected chi connectivity index (χ0v) is 14.7. The fourth-order valence-corrected chi connectivity index (χ4v) is 2.98. The monoisotopic (exact) mass is 357 g/mol. The average Bonchev–Trinajstić information content (AvgIpc) is 3.01. The topological polar surface area (TPSA) is 61.4 Å². The van der Waals surface area contributed by atoms with Crippen LogP contribution in [0.1, 0.15) is 19.8 Å². The van der Waals surface area contributed by atoms with Crippen molar-refractivity contribution in [2.75, 3.05) is 22.1 Å². The molecule has 2 amide bonds. The van der Waals surface area contributed by atoms with Crippen molar-refractivity contribution < 1.29 is 9.59 Å². The number of amides is 2. The summed E-state index contributed by atoms with van der Waals surface area (Å²) in [4.78, 5) is 25.8. The van der Waals surface area contributed by atoms with E-state index in [1.165, 1.54) is 0 Å². The third kappa shape index (κ3) is 4.31. The Morgan fingerprint density at radius 2 is 1.92 bits per heavy atom. The molecule has 2 N–H and O–H groups in total. The Hall–Kier alpha value is -2.53. The first kappa shape index (κ1) is 17.3. The molecule has 1 aliphatic rings. The molecule has 6 heteroatoms. The molecule has 3 rings (SSSR count). The molecule has 0 bridgehead atoms. The second-order valence-corrected chi connectivity index (χ2v) is 6.50. The summed E-state index contributed by atoms with van der Waals surface area (Å²) < 4.78 is 0. The van der Waals surface area contributed by atoms with E-state index in [0.29, 0.717) is 17.1 Å². The Morgan fingerprint density at radius 3 is 2.56 bits per heavy atom. The maximum Gasteiger partial charge on any atom is 0.246 e. The van der Waals surface area contributed by atoms with E-state index in [1.807, 2.05) is 24.3 Å². The number of hydrogen-bond donors (Lipinski definition) is 2.